The molecule has 0 bridgehead atoms. The van der Waals surface area contributed by atoms with E-state index in [-0.39, 0.29) is 5.92 Å². The van der Waals surface area contributed by atoms with E-state index in [4.69, 9.17) is 0 Å². The predicted octanol–water partition coefficient (Wildman–Crippen LogP) is 6.05. The van der Waals surface area contributed by atoms with Gasteiger partial charge < -0.3 is 5.11 Å². The van der Waals surface area contributed by atoms with Crippen molar-refractivity contribution < 1.29 is 5.11 Å². The molecule has 1 aromatic carbocycles. The first-order chi connectivity index (χ1) is 10.2. The van der Waals surface area contributed by atoms with E-state index in [1.54, 1.807) is 0 Å². The number of hydrogen-bond donors (Lipinski definition) is 1. The lowest BCUT2D eigenvalue weighted by Crippen LogP contribution is -2.11. The Labute approximate surface area is 131 Å². The molecule has 0 aromatic heterocycles. The minimum atomic E-state index is -0.428. The molecule has 0 heterocycles. The summed E-state index contributed by atoms with van der Waals surface area (Å²) in [6, 6.07) is 9.91. The van der Waals surface area contributed by atoms with E-state index in [1.165, 1.54) is 50.5 Å². The quantitative estimate of drug-likeness (QED) is 0.388. The minimum Gasteiger partial charge on any atom is -0.388 e. The van der Waals surface area contributed by atoms with Crippen molar-refractivity contribution in [2.75, 3.05) is 0 Å². The van der Waals surface area contributed by atoms with Crippen LogP contribution in [0, 0.1) is 5.92 Å². The third-order valence-corrected chi connectivity index (χ3v) is 4.36. The summed E-state index contributed by atoms with van der Waals surface area (Å²) in [7, 11) is 0. The molecule has 0 radical (unpaired) electrons. The van der Waals surface area contributed by atoms with Gasteiger partial charge in [0.05, 0.1) is 6.10 Å². The number of aliphatic hydroxyl groups excluding tert-OH is 1. The zero-order valence-electron chi connectivity index (χ0n) is 13.9. The summed E-state index contributed by atoms with van der Waals surface area (Å²) in [4.78, 5) is 0. The third kappa shape index (κ3) is 6.95. The van der Waals surface area contributed by atoms with Gasteiger partial charge in [0.2, 0.25) is 0 Å². The predicted molar refractivity (Wildman–Crippen MR) is 92.3 cm³/mol. The van der Waals surface area contributed by atoms with Crippen LogP contribution in [0.15, 0.2) is 42.5 Å². The van der Waals surface area contributed by atoms with Gasteiger partial charge in [-0.25, -0.2) is 0 Å². The van der Waals surface area contributed by atoms with Gasteiger partial charge in [0.1, 0.15) is 0 Å². The third-order valence-electron chi connectivity index (χ3n) is 4.36. The van der Waals surface area contributed by atoms with Gasteiger partial charge in [-0.2, -0.15) is 0 Å². The van der Waals surface area contributed by atoms with Crippen molar-refractivity contribution in [1.29, 1.82) is 0 Å². The van der Waals surface area contributed by atoms with Gasteiger partial charge in [-0.05, 0) is 18.4 Å². The molecule has 1 nitrogen and oxygen atoms in total. The van der Waals surface area contributed by atoms with Crippen LogP contribution in [0.5, 0.6) is 0 Å². The second kappa shape index (κ2) is 10.6. The molecular weight excluding hydrogens is 256 g/mol. The lowest BCUT2D eigenvalue weighted by molar-refractivity contribution is 0.133. The van der Waals surface area contributed by atoms with Gasteiger partial charge in [-0.3, -0.25) is 0 Å². The molecule has 0 saturated heterocycles. The summed E-state index contributed by atoms with van der Waals surface area (Å²) in [5.74, 6) is 0.132. The van der Waals surface area contributed by atoms with Crippen LogP contribution in [0.3, 0.4) is 0 Å². The monoisotopic (exact) mass is 288 g/mol. The summed E-state index contributed by atoms with van der Waals surface area (Å²) < 4.78 is 0. The molecule has 1 aromatic rings. The molecule has 21 heavy (non-hydrogen) atoms. The molecule has 0 aliphatic rings. The van der Waals surface area contributed by atoms with Crippen molar-refractivity contribution >= 4 is 0 Å². The van der Waals surface area contributed by atoms with E-state index < -0.39 is 6.10 Å². The molecule has 0 spiro atoms. The molecule has 1 N–H and O–H groups in total. The normalized spacial score (nSPS) is 13.9. The summed E-state index contributed by atoms with van der Waals surface area (Å²) in [6.07, 6.45) is 9.86. The molecule has 0 unspecified atom stereocenters. The second-order valence-corrected chi connectivity index (χ2v) is 6.17. The Kier molecular flexibility index (Phi) is 9.09. The fourth-order valence-corrected chi connectivity index (χ4v) is 2.70. The van der Waals surface area contributed by atoms with Crippen LogP contribution in [0.25, 0.3) is 0 Å². The Hall–Kier alpha value is -1.08. The van der Waals surface area contributed by atoms with E-state index in [2.05, 4.69) is 20.4 Å². The van der Waals surface area contributed by atoms with E-state index >= 15 is 0 Å². The standard InChI is InChI=1S/C20H32O/c1-4-5-6-7-8-9-11-14-17(2)18(3)20(21)19-15-12-10-13-16-19/h10,12-13,15-16,18,20-21H,2,4-9,11,14H2,1,3H3/t18-,20+/m0/s1. The maximum absolute atomic E-state index is 10.4. The van der Waals surface area contributed by atoms with Crippen molar-refractivity contribution in [3.05, 3.63) is 48.0 Å². The molecule has 2 atom stereocenters. The van der Waals surface area contributed by atoms with E-state index in [9.17, 15) is 5.11 Å². The highest BCUT2D eigenvalue weighted by molar-refractivity contribution is 5.20. The lowest BCUT2D eigenvalue weighted by Gasteiger charge is -2.21. The topological polar surface area (TPSA) is 20.2 Å². The summed E-state index contributed by atoms with van der Waals surface area (Å²) in [5, 5.41) is 10.4. The Morgan fingerprint density at radius 1 is 1.00 bits per heavy atom. The fraction of sp³-hybridized carbons (Fsp3) is 0.600. The maximum Gasteiger partial charge on any atom is 0.0852 e. The van der Waals surface area contributed by atoms with Crippen LogP contribution in [0.1, 0.15) is 76.9 Å². The SMILES string of the molecule is C=C(CCCCCCCCC)[C@H](C)[C@@H](O)c1ccccc1. The van der Waals surface area contributed by atoms with Crippen molar-refractivity contribution in [2.45, 2.75) is 71.3 Å². The van der Waals surface area contributed by atoms with E-state index in [0.717, 1.165) is 12.0 Å². The lowest BCUT2D eigenvalue weighted by atomic mass is 9.88. The summed E-state index contributed by atoms with van der Waals surface area (Å²) >= 11 is 0. The van der Waals surface area contributed by atoms with Crippen LogP contribution < -0.4 is 0 Å². The summed E-state index contributed by atoms with van der Waals surface area (Å²) in [6.45, 7) is 8.53. The first kappa shape index (κ1) is 18.0. The average Bonchev–Trinajstić information content (AvgIpc) is 2.53. The van der Waals surface area contributed by atoms with E-state index in [1.807, 2.05) is 30.3 Å². The average molecular weight is 288 g/mol. The van der Waals surface area contributed by atoms with Crippen LogP contribution in [0.4, 0.5) is 0 Å². The van der Waals surface area contributed by atoms with Gasteiger partial charge in [-0.1, -0.05) is 94.9 Å². The molecule has 1 rings (SSSR count). The van der Waals surface area contributed by atoms with Crippen molar-refractivity contribution in [2.24, 2.45) is 5.92 Å². The zero-order chi connectivity index (χ0) is 15.5. The number of unbranched alkanes of at least 4 members (excludes halogenated alkanes) is 6. The molecular formula is C20H32O. The molecule has 0 fully saturated rings. The van der Waals surface area contributed by atoms with Crippen molar-refractivity contribution in [1.82, 2.24) is 0 Å². The number of aliphatic hydroxyl groups is 1. The first-order valence-corrected chi connectivity index (χ1v) is 8.57. The molecule has 0 saturated carbocycles. The smallest absolute Gasteiger partial charge is 0.0852 e. The number of rotatable bonds is 11. The Morgan fingerprint density at radius 2 is 1.57 bits per heavy atom. The van der Waals surface area contributed by atoms with Gasteiger partial charge >= 0.3 is 0 Å². The highest BCUT2D eigenvalue weighted by atomic mass is 16.3. The van der Waals surface area contributed by atoms with Gasteiger partial charge in [0.25, 0.3) is 0 Å². The Morgan fingerprint density at radius 3 is 2.19 bits per heavy atom. The Balaban J connectivity index is 2.22. The van der Waals surface area contributed by atoms with Crippen LogP contribution in [-0.4, -0.2) is 5.11 Å². The van der Waals surface area contributed by atoms with Crippen molar-refractivity contribution in [3.8, 4) is 0 Å². The first-order valence-electron chi connectivity index (χ1n) is 8.57. The molecule has 0 amide bonds. The highest BCUT2D eigenvalue weighted by Gasteiger charge is 2.18. The molecule has 1 heteroatoms. The van der Waals surface area contributed by atoms with Crippen LogP contribution in [0.2, 0.25) is 0 Å². The van der Waals surface area contributed by atoms with Crippen LogP contribution >= 0.6 is 0 Å². The largest absolute Gasteiger partial charge is 0.388 e. The number of hydrogen-bond acceptors (Lipinski definition) is 1. The zero-order valence-corrected chi connectivity index (χ0v) is 13.9. The minimum absolute atomic E-state index is 0.132. The Bertz CT molecular complexity index is 382. The molecule has 0 aliphatic heterocycles. The fourth-order valence-electron chi connectivity index (χ4n) is 2.70. The second-order valence-electron chi connectivity index (χ2n) is 6.17. The maximum atomic E-state index is 10.4. The molecule has 0 aliphatic carbocycles. The van der Waals surface area contributed by atoms with Gasteiger partial charge in [0, 0.05) is 5.92 Å². The van der Waals surface area contributed by atoms with Gasteiger partial charge in [-0.15, -0.1) is 0 Å². The van der Waals surface area contributed by atoms with Crippen molar-refractivity contribution in [3.63, 3.8) is 0 Å². The highest BCUT2D eigenvalue weighted by Crippen LogP contribution is 2.29. The summed E-state index contributed by atoms with van der Waals surface area (Å²) in [5.41, 5.74) is 2.17. The van der Waals surface area contributed by atoms with E-state index in [0.29, 0.717) is 0 Å². The van der Waals surface area contributed by atoms with Crippen LogP contribution in [-0.2, 0) is 0 Å². The van der Waals surface area contributed by atoms with Gasteiger partial charge in [0.15, 0.2) is 0 Å². The molecule has 118 valence electrons. The number of benzene rings is 1.